The fourth-order valence-electron chi connectivity index (χ4n) is 8.27. The number of nitrogens with zero attached hydrogens (tertiary/aromatic N) is 7. The van der Waals surface area contributed by atoms with Crippen molar-refractivity contribution in [3.05, 3.63) is 111 Å². The largest absolute Gasteiger partial charge is 0.376 e. The number of hydrogen-bond acceptors (Lipinski definition) is 10. The maximum absolute atomic E-state index is 15.6. The van der Waals surface area contributed by atoms with Crippen LogP contribution < -0.4 is 21.1 Å². The predicted octanol–water partition coefficient (Wildman–Crippen LogP) is 2.71. The van der Waals surface area contributed by atoms with Gasteiger partial charge < -0.3 is 15.1 Å². The molecule has 9 rings (SSSR count). The third-order valence-electron chi connectivity index (χ3n) is 10.9. The van der Waals surface area contributed by atoms with E-state index in [9.17, 15) is 23.6 Å². The van der Waals surface area contributed by atoms with Gasteiger partial charge in [-0.25, -0.2) is 18.9 Å². The van der Waals surface area contributed by atoms with E-state index >= 15 is 4.39 Å². The first-order valence-electron chi connectivity index (χ1n) is 17.5. The summed E-state index contributed by atoms with van der Waals surface area (Å²) in [5.74, 6) is -1.88. The summed E-state index contributed by atoms with van der Waals surface area (Å²) in [5, 5.41) is 17.6. The van der Waals surface area contributed by atoms with Crippen LogP contribution in [0.15, 0.2) is 59.7 Å². The number of aromatic amines is 1. The Morgan fingerprint density at radius 1 is 0.962 bits per heavy atom. The number of halogens is 2. The first-order chi connectivity index (χ1) is 25.6. The van der Waals surface area contributed by atoms with Gasteiger partial charge in [-0.1, -0.05) is 18.2 Å². The SMILES string of the molecule is Cn1ncnc1[C@H]1c2n[nH]c(=O)c3cc(F)cc(c23)N[C@@H]1c1ccc(F)c(N2CCN(Cc3ccc4c(c3)CN(C3CCC(=O)NC3=O)C4=O)CC2)c1. The van der Waals surface area contributed by atoms with Gasteiger partial charge in [0.1, 0.15) is 29.8 Å². The molecule has 0 aliphatic carbocycles. The lowest BCUT2D eigenvalue weighted by Crippen LogP contribution is -2.52. The molecule has 270 valence electrons. The van der Waals surface area contributed by atoms with Crippen LogP contribution in [0.25, 0.3) is 10.8 Å². The summed E-state index contributed by atoms with van der Waals surface area (Å²) in [4.78, 5) is 60.2. The second kappa shape index (κ2) is 12.6. The van der Waals surface area contributed by atoms with Crippen molar-refractivity contribution in [2.45, 2.75) is 43.9 Å². The highest BCUT2D eigenvalue weighted by Crippen LogP contribution is 2.46. The Hall–Kier alpha value is -6.03. The number of piperazine rings is 1. The number of rotatable bonds is 6. The summed E-state index contributed by atoms with van der Waals surface area (Å²) < 4.78 is 32.0. The Bertz CT molecular complexity index is 2400. The number of piperidine rings is 1. The van der Waals surface area contributed by atoms with Gasteiger partial charge in [-0.3, -0.25) is 34.1 Å². The summed E-state index contributed by atoms with van der Waals surface area (Å²) >= 11 is 0. The van der Waals surface area contributed by atoms with Gasteiger partial charge in [0, 0.05) is 69.4 Å². The van der Waals surface area contributed by atoms with Crippen molar-refractivity contribution in [1.29, 1.82) is 0 Å². The van der Waals surface area contributed by atoms with Crippen LogP contribution in [0.4, 0.5) is 20.2 Å². The van der Waals surface area contributed by atoms with Crippen LogP contribution in [0.1, 0.15) is 63.4 Å². The average Bonchev–Trinajstić information content (AvgIpc) is 3.71. The summed E-state index contributed by atoms with van der Waals surface area (Å²) in [6.07, 6.45) is 1.95. The normalized spacial score (nSPS) is 21.6. The molecule has 3 aromatic carbocycles. The maximum Gasteiger partial charge on any atom is 0.272 e. The molecule has 0 bridgehead atoms. The van der Waals surface area contributed by atoms with Crippen LogP contribution in [0.5, 0.6) is 0 Å². The van der Waals surface area contributed by atoms with Gasteiger partial charge in [0.05, 0.1) is 28.7 Å². The van der Waals surface area contributed by atoms with Gasteiger partial charge >= 0.3 is 0 Å². The van der Waals surface area contributed by atoms with Crippen LogP contribution in [-0.4, -0.2) is 84.7 Å². The number of aryl methyl sites for hydroxylation is 1. The minimum atomic E-state index is -0.662. The lowest BCUT2D eigenvalue weighted by molar-refractivity contribution is -0.136. The summed E-state index contributed by atoms with van der Waals surface area (Å²) in [6.45, 7) is 3.41. The number of carbonyl (C=O) groups excluding carboxylic acids is 3. The van der Waals surface area contributed by atoms with Gasteiger partial charge in [0.15, 0.2) is 0 Å². The van der Waals surface area contributed by atoms with Gasteiger partial charge in [0.25, 0.3) is 11.5 Å². The average molecular weight is 721 g/mol. The number of amides is 3. The zero-order chi connectivity index (χ0) is 36.5. The quantitative estimate of drug-likeness (QED) is 0.223. The molecule has 1 unspecified atom stereocenters. The van der Waals surface area contributed by atoms with Crippen molar-refractivity contribution in [1.82, 2.24) is 40.1 Å². The van der Waals surface area contributed by atoms with Gasteiger partial charge in [0.2, 0.25) is 11.8 Å². The van der Waals surface area contributed by atoms with E-state index in [2.05, 4.69) is 35.8 Å². The maximum atomic E-state index is 15.6. The predicted molar refractivity (Wildman–Crippen MR) is 188 cm³/mol. The van der Waals surface area contributed by atoms with Gasteiger partial charge in [-0.2, -0.15) is 10.2 Å². The van der Waals surface area contributed by atoms with E-state index in [-0.39, 0.29) is 29.4 Å². The third-order valence-corrected chi connectivity index (χ3v) is 10.9. The van der Waals surface area contributed by atoms with E-state index in [0.717, 1.165) is 16.7 Å². The van der Waals surface area contributed by atoms with E-state index in [0.29, 0.717) is 79.5 Å². The standard InChI is InChI=1S/C37H34F2N10O4/c1-46-34(40-18-41-46)31-32(42-26-15-22(38)14-24-30(26)33(31)44-45-35(24)51)20-3-5-25(39)28(13-20)48-10-8-47(9-11-48)16-19-2-4-23-21(12-19)17-49(37(23)53)27-6-7-29(50)43-36(27)52/h2-5,12-15,18,27,31-32,42H,6-11,16-17H2,1H3,(H,45,51)(H,43,50,52)/t27?,31-,32-/m1/s1. The van der Waals surface area contributed by atoms with Crippen molar-refractivity contribution >= 4 is 39.9 Å². The molecule has 2 saturated heterocycles. The molecule has 2 fully saturated rings. The molecule has 0 radical (unpaired) electrons. The number of fused-ring (bicyclic) bond motifs is 1. The monoisotopic (exact) mass is 720 g/mol. The molecule has 5 aromatic rings. The number of aromatic nitrogens is 5. The number of anilines is 2. The van der Waals surface area contributed by atoms with Crippen LogP contribution >= 0.6 is 0 Å². The molecular weight excluding hydrogens is 686 g/mol. The molecule has 0 saturated carbocycles. The van der Waals surface area contributed by atoms with Crippen LogP contribution in [0.3, 0.4) is 0 Å². The molecule has 3 amide bonds. The fraction of sp³-hybridized carbons (Fsp3) is 0.324. The Morgan fingerprint density at radius 3 is 2.57 bits per heavy atom. The summed E-state index contributed by atoms with van der Waals surface area (Å²) in [6, 6.07) is 12.0. The van der Waals surface area contributed by atoms with Crippen LogP contribution in [-0.2, 0) is 29.7 Å². The summed E-state index contributed by atoms with van der Waals surface area (Å²) in [5.41, 5.74) is 4.04. The molecule has 53 heavy (non-hydrogen) atoms. The van der Waals surface area contributed by atoms with E-state index in [1.165, 1.54) is 24.5 Å². The van der Waals surface area contributed by atoms with E-state index in [1.54, 1.807) is 22.7 Å². The molecule has 4 aliphatic heterocycles. The number of imide groups is 1. The van der Waals surface area contributed by atoms with Crippen LogP contribution in [0.2, 0.25) is 0 Å². The first-order valence-corrected chi connectivity index (χ1v) is 17.5. The minimum Gasteiger partial charge on any atom is -0.376 e. The molecule has 3 N–H and O–H groups in total. The Labute approximate surface area is 300 Å². The number of carbonyl (C=O) groups is 3. The van der Waals surface area contributed by atoms with Gasteiger partial charge in [-0.05, 0) is 53.4 Å². The minimum absolute atomic E-state index is 0.170. The third kappa shape index (κ3) is 5.60. The molecule has 4 aliphatic rings. The lowest BCUT2D eigenvalue weighted by atomic mass is 9.83. The number of nitrogens with one attached hydrogen (secondary N) is 3. The molecule has 14 nitrogen and oxygen atoms in total. The zero-order valence-corrected chi connectivity index (χ0v) is 28.6. The Balaban J connectivity index is 0.930. The van der Waals surface area contributed by atoms with Crippen LogP contribution in [0, 0.1) is 11.6 Å². The second-order valence-corrected chi connectivity index (χ2v) is 14.0. The van der Waals surface area contributed by atoms with Crippen molar-refractivity contribution in [2.24, 2.45) is 7.05 Å². The summed E-state index contributed by atoms with van der Waals surface area (Å²) in [7, 11) is 1.76. The smallest absolute Gasteiger partial charge is 0.272 e. The Kier molecular flexibility index (Phi) is 7.80. The van der Waals surface area contributed by atoms with Crippen molar-refractivity contribution < 1.29 is 23.2 Å². The molecule has 3 atom stereocenters. The fourth-order valence-corrected chi connectivity index (χ4v) is 8.27. The van der Waals surface area contributed by atoms with Gasteiger partial charge in [-0.15, -0.1) is 0 Å². The molecule has 6 heterocycles. The van der Waals surface area contributed by atoms with E-state index in [1.807, 2.05) is 29.2 Å². The Morgan fingerprint density at radius 2 is 1.79 bits per heavy atom. The highest BCUT2D eigenvalue weighted by Gasteiger charge is 2.40. The molecule has 16 heteroatoms. The highest BCUT2D eigenvalue weighted by molar-refractivity contribution is 6.05. The molecule has 0 spiro atoms. The number of H-pyrrole nitrogens is 1. The number of benzene rings is 3. The van der Waals surface area contributed by atoms with E-state index < -0.39 is 35.3 Å². The second-order valence-electron chi connectivity index (χ2n) is 14.0. The van der Waals surface area contributed by atoms with E-state index in [4.69, 9.17) is 0 Å². The molecule has 2 aromatic heterocycles. The number of hydrogen-bond donors (Lipinski definition) is 3. The van der Waals surface area contributed by atoms with Crippen molar-refractivity contribution in [3.63, 3.8) is 0 Å². The zero-order valence-electron chi connectivity index (χ0n) is 28.6. The lowest BCUT2D eigenvalue weighted by Gasteiger charge is -2.37. The van der Waals surface area contributed by atoms with Crippen molar-refractivity contribution in [2.75, 3.05) is 36.4 Å². The first kappa shape index (κ1) is 32.8. The molecular formula is C37H34F2N10O4. The topological polar surface area (TPSA) is 161 Å². The van der Waals surface area contributed by atoms with Crippen molar-refractivity contribution in [3.8, 4) is 0 Å². The highest BCUT2D eigenvalue weighted by atomic mass is 19.1.